The smallest absolute Gasteiger partial charge is 0.348 e. The third-order valence-corrected chi connectivity index (χ3v) is 2.81. The standard InChI is InChI=1S/C14H18F3N3O2/c1-10-6-8-18-11(9-10)20-12(21)5-3-2-4-7-19-13(22)14(15,16)17/h6,8-9H,2-5,7H2,1H3,(H,19,22)(H,18,20,21). The Hall–Kier alpha value is -2.12. The van der Waals surface area contributed by atoms with E-state index in [-0.39, 0.29) is 18.9 Å². The van der Waals surface area contributed by atoms with E-state index in [1.165, 1.54) is 0 Å². The van der Waals surface area contributed by atoms with Gasteiger partial charge in [-0.05, 0) is 37.5 Å². The van der Waals surface area contributed by atoms with Gasteiger partial charge in [0.2, 0.25) is 5.91 Å². The van der Waals surface area contributed by atoms with Crippen LogP contribution in [0.3, 0.4) is 0 Å². The molecule has 0 aromatic carbocycles. The first-order valence-electron chi connectivity index (χ1n) is 6.86. The third-order valence-electron chi connectivity index (χ3n) is 2.81. The van der Waals surface area contributed by atoms with Gasteiger partial charge in [-0.3, -0.25) is 9.59 Å². The van der Waals surface area contributed by atoms with Crippen LogP contribution in [0.5, 0.6) is 0 Å². The van der Waals surface area contributed by atoms with E-state index >= 15 is 0 Å². The lowest BCUT2D eigenvalue weighted by atomic mass is 10.2. The number of pyridine rings is 1. The molecule has 2 N–H and O–H groups in total. The van der Waals surface area contributed by atoms with Crippen molar-refractivity contribution in [2.75, 3.05) is 11.9 Å². The van der Waals surface area contributed by atoms with E-state index in [1.54, 1.807) is 17.6 Å². The summed E-state index contributed by atoms with van der Waals surface area (Å²) in [7, 11) is 0. The molecule has 0 aliphatic carbocycles. The summed E-state index contributed by atoms with van der Waals surface area (Å²) in [6.45, 7) is 1.83. The molecule has 0 aliphatic rings. The number of aromatic nitrogens is 1. The molecule has 0 radical (unpaired) electrons. The number of halogens is 3. The van der Waals surface area contributed by atoms with Crippen LogP contribution in [0.25, 0.3) is 0 Å². The van der Waals surface area contributed by atoms with E-state index in [1.807, 2.05) is 13.0 Å². The monoisotopic (exact) mass is 317 g/mol. The number of amides is 2. The minimum atomic E-state index is -4.85. The van der Waals surface area contributed by atoms with Gasteiger partial charge in [-0.15, -0.1) is 0 Å². The quantitative estimate of drug-likeness (QED) is 0.759. The number of alkyl halides is 3. The fourth-order valence-electron chi connectivity index (χ4n) is 1.70. The van der Waals surface area contributed by atoms with Crippen LogP contribution in [-0.4, -0.2) is 29.5 Å². The lowest BCUT2D eigenvalue weighted by Gasteiger charge is -2.07. The van der Waals surface area contributed by atoms with Gasteiger partial charge in [0.1, 0.15) is 5.82 Å². The minimum Gasteiger partial charge on any atom is -0.348 e. The Morgan fingerprint density at radius 1 is 1.23 bits per heavy atom. The second-order valence-corrected chi connectivity index (χ2v) is 4.83. The SMILES string of the molecule is Cc1ccnc(NC(=O)CCCCCNC(=O)C(F)(F)F)c1. The number of hydrogen-bond donors (Lipinski definition) is 2. The molecule has 1 heterocycles. The fraction of sp³-hybridized carbons (Fsp3) is 0.500. The summed E-state index contributed by atoms with van der Waals surface area (Å²) in [5.74, 6) is -1.66. The van der Waals surface area contributed by atoms with Gasteiger partial charge >= 0.3 is 12.1 Å². The van der Waals surface area contributed by atoms with Crippen molar-refractivity contribution in [1.29, 1.82) is 0 Å². The first kappa shape index (κ1) is 17.9. The van der Waals surface area contributed by atoms with Gasteiger partial charge in [-0.2, -0.15) is 13.2 Å². The number of unbranched alkanes of at least 4 members (excludes halogenated alkanes) is 2. The molecule has 0 spiro atoms. The van der Waals surface area contributed by atoms with Gasteiger partial charge in [0.05, 0.1) is 0 Å². The van der Waals surface area contributed by atoms with Gasteiger partial charge in [-0.1, -0.05) is 6.42 Å². The van der Waals surface area contributed by atoms with Crippen molar-refractivity contribution in [2.45, 2.75) is 38.8 Å². The molecule has 0 saturated heterocycles. The Bertz CT molecular complexity index is 518. The maximum Gasteiger partial charge on any atom is 0.471 e. The van der Waals surface area contributed by atoms with Crippen LogP contribution >= 0.6 is 0 Å². The summed E-state index contributed by atoms with van der Waals surface area (Å²) >= 11 is 0. The Balaban J connectivity index is 2.12. The number of aryl methyl sites for hydroxylation is 1. The molecule has 0 unspecified atom stereocenters. The number of nitrogens with one attached hydrogen (secondary N) is 2. The molecular formula is C14H18F3N3O2. The fourth-order valence-corrected chi connectivity index (χ4v) is 1.70. The lowest BCUT2D eigenvalue weighted by Crippen LogP contribution is -2.37. The molecule has 0 fully saturated rings. The molecule has 0 bridgehead atoms. The number of carbonyl (C=O) groups excluding carboxylic acids is 2. The zero-order valence-corrected chi connectivity index (χ0v) is 12.2. The number of hydrogen-bond acceptors (Lipinski definition) is 3. The Morgan fingerprint density at radius 3 is 2.59 bits per heavy atom. The first-order valence-corrected chi connectivity index (χ1v) is 6.86. The molecule has 5 nitrogen and oxygen atoms in total. The van der Waals surface area contributed by atoms with Crippen LogP contribution in [0.1, 0.15) is 31.2 Å². The molecule has 22 heavy (non-hydrogen) atoms. The zero-order valence-electron chi connectivity index (χ0n) is 12.2. The summed E-state index contributed by atoms with van der Waals surface area (Å²) in [5, 5.41) is 4.43. The van der Waals surface area contributed by atoms with E-state index in [0.717, 1.165) is 5.56 Å². The highest BCUT2D eigenvalue weighted by molar-refractivity contribution is 5.89. The normalized spacial score (nSPS) is 11.1. The van der Waals surface area contributed by atoms with Crippen LogP contribution in [0, 0.1) is 6.92 Å². The van der Waals surface area contributed by atoms with E-state index in [2.05, 4.69) is 10.3 Å². The maximum atomic E-state index is 11.9. The number of nitrogens with zero attached hydrogens (tertiary/aromatic N) is 1. The Morgan fingerprint density at radius 2 is 1.95 bits per heavy atom. The van der Waals surface area contributed by atoms with Gasteiger partial charge in [0.25, 0.3) is 0 Å². The molecule has 122 valence electrons. The predicted octanol–water partition coefficient (Wildman–Crippen LogP) is 2.57. The van der Waals surface area contributed by atoms with Crippen LogP contribution in [0.4, 0.5) is 19.0 Å². The molecule has 1 rings (SSSR count). The average molecular weight is 317 g/mol. The van der Waals surface area contributed by atoms with Crippen LogP contribution in [-0.2, 0) is 9.59 Å². The van der Waals surface area contributed by atoms with E-state index in [0.29, 0.717) is 25.1 Å². The van der Waals surface area contributed by atoms with Crippen molar-refractivity contribution < 1.29 is 22.8 Å². The van der Waals surface area contributed by atoms with Crippen molar-refractivity contribution in [2.24, 2.45) is 0 Å². The molecule has 0 atom stereocenters. The Kier molecular flexibility index (Phi) is 6.81. The highest BCUT2D eigenvalue weighted by Crippen LogP contribution is 2.14. The number of anilines is 1. The topological polar surface area (TPSA) is 71.1 Å². The van der Waals surface area contributed by atoms with E-state index < -0.39 is 12.1 Å². The molecule has 1 aromatic heterocycles. The largest absolute Gasteiger partial charge is 0.471 e. The Labute approximate surface area is 126 Å². The van der Waals surface area contributed by atoms with Crippen molar-refractivity contribution in [3.05, 3.63) is 23.9 Å². The predicted molar refractivity (Wildman–Crippen MR) is 75.1 cm³/mol. The summed E-state index contributed by atoms with van der Waals surface area (Å²) < 4.78 is 35.7. The molecule has 0 saturated carbocycles. The third kappa shape index (κ3) is 7.05. The lowest BCUT2D eigenvalue weighted by molar-refractivity contribution is -0.173. The van der Waals surface area contributed by atoms with Crippen LogP contribution in [0.2, 0.25) is 0 Å². The van der Waals surface area contributed by atoms with Crippen molar-refractivity contribution in [3.63, 3.8) is 0 Å². The summed E-state index contributed by atoms with van der Waals surface area (Å²) in [4.78, 5) is 26.1. The average Bonchev–Trinajstić information content (AvgIpc) is 2.41. The van der Waals surface area contributed by atoms with E-state index in [9.17, 15) is 22.8 Å². The number of rotatable bonds is 7. The molecule has 1 aromatic rings. The second-order valence-electron chi connectivity index (χ2n) is 4.83. The van der Waals surface area contributed by atoms with Crippen LogP contribution < -0.4 is 10.6 Å². The molecule has 8 heteroatoms. The second kappa shape index (κ2) is 8.35. The van der Waals surface area contributed by atoms with Crippen molar-refractivity contribution in [3.8, 4) is 0 Å². The first-order chi connectivity index (χ1) is 10.3. The number of carbonyl (C=O) groups is 2. The maximum absolute atomic E-state index is 11.9. The highest BCUT2D eigenvalue weighted by atomic mass is 19.4. The van der Waals surface area contributed by atoms with Gasteiger partial charge in [-0.25, -0.2) is 4.98 Å². The summed E-state index contributed by atoms with van der Waals surface area (Å²) in [5.41, 5.74) is 0.978. The molecular weight excluding hydrogens is 299 g/mol. The van der Waals surface area contributed by atoms with Gasteiger partial charge in [0, 0.05) is 19.2 Å². The van der Waals surface area contributed by atoms with Crippen molar-refractivity contribution in [1.82, 2.24) is 10.3 Å². The zero-order chi connectivity index (χ0) is 16.6. The minimum absolute atomic E-state index is 0.0562. The van der Waals surface area contributed by atoms with Gasteiger partial charge < -0.3 is 10.6 Å². The van der Waals surface area contributed by atoms with Gasteiger partial charge in [0.15, 0.2) is 0 Å². The summed E-state index contributed by atoms with van der Waals surface area (Å²) in [6, 6.07) is 3.55. The van der Waals surface area contributed by atoms with Crippen LogP contribution in [0.15, 0.2) is 18.3 Å². The highest BCUT2D eigenvalue weighted by Gasteiger charge is 2.38. The van der Waals surface area contributed by atoms with E-state index in [4.69, 9.17) is 0 Å². The molecule has 0 aliphatic heterocycles. The van der Waals surface area contributed by atoms with Crippen molar-refractivity contribution >= 4 is 17.6 Å². The molecule has 2 amide bonds. The summed E-state index contributed by atoms with van der Waals surface area (Å²) in [6.07, 6.45) is -1.54.